The number of rotatable bonds is 9. The number of aromatic nitrogens is 3. The molecule has 0 radical (unpaired) electrons. The Labute approximate surface area is 230 Å². The van der Waals surface area contributed by atoms with Crippen LogP contribution in [0.4, 0.5) is 0 Å². The van der Waals surface area contributed by atoms with Crippen LogP contribution in [0.5, 0.6) is 0 Å². The van der Waals surface area contributed by atoms with Gasteiger partial charge in [-0.1, -0.05) is 62.4 Å². The highest BCUT2D eigenvalue weighted by molar-refractivity contribution is 7.82. The second kappa shape index (κ2) is 12.6. The van der Waals surface area contributed by atoms with E-state index in [1.165, 1.54) is 5.56 Å². The SMILES string of the molecule is Cc1nnc(C(C)C)n1C1CCN(CCC(c2ccccc2)N2CCN(S(=O)c3ccccc3)CC2)CC1. The summed E-state index contributed by atoms with van der Waals surface area (Å²) in [6.07, 6.45) is 3.41. The van der Waals surface area contributed by atoms with Crippen LogP contribution in [0.25, 0.3) is 0 Å². The van der Waals surface area contributed by atoms with Gasteiger partial charge < -0.3 is 9.47 Å². The van der Waals surface area contributed by atoms with E-state index in [4.69, 9.17) is 0 Å². The van der Waals surface area contributed by atoms with Gasteiger partial charge in [-0.15, -0.1) is 10.2 Å². The molecular formula is C30H42N6OS. The maximum Gasteiger partial charge on any atom is 0.135 e. The molecule has 0 N–H and O–H groups in total. The summed E-state index contributed by atoms with van der Waals surface area (Å²) >= 11 is 0. The zero-order chi connectivity index (χ0) is 26.5. The van der Waals surface area contributed by atoms with Crippen molar-refractivity contribution >= 4 is 11.0 Å². The highest BCUT2D eigenvalue weighted by atomic mass is 32.2. The van der Waals surface area contributed by atoms with Gasteiger partial charge in [0.05, 0.1) is 4.90 Å². The lowest BCUT2D eigenvalue weighted by Gasteiger charge is -2.40. The Hall–Kier alpha value is -2.39. The van der Waals surface area contributed by atoms with Crippen LogP contribution < -0.4 is 0 Å². The van der Waals surface area contributed by atoms with Crippen LogP contribution in [0.3, 0.4) is 0 Å². The maximum atomic E-state index is 13.1. The summed E-state index contributed by atoms with van der Waals surface area (Å²) in [7, 11) is -1.09. The Kier molecular flexibility index (Phi) is 9.05. The summed E-state index contributed by atoms with van der Waals surface area (Å²) in [6, 6.07) is 21.7. The first kappa shape index (κ1) is 27.2. The van der Waals surface area contributed by atoms with E-state index in [-0.39, 0.29) is 0 Å². The molecule has 2 atom stereocenters. The van der Waals surface area contributed by atoms with Crippen LogP contribution in [0, 0.1) is 6.92 Å². The van der Waals surface area contributed by atoms with E-state index in [0.717, 1.165) is 81.6 Å². The second-order valence-electron chi connectivity index (χ2n) is 10.9. The van der Waals surface area contributed by atoms with E-state index < -0.39 is 11.0 Å². The molecule has 3 aromatic rings. The third-order valence-electron chi connectivity index (χ3n) is 8.13. The lowest BCUT2D eigenvalue weighted by atomic mass is 9.99. The molecule has 3 heterocycles. The molecule has 204 valence electrons. The lowest BCUT2D eigenvalue weighted by Crippen LogP contribution is -2.48. The number of hydrogen-bond donors (Lipinski definition) is 0. The second-order valence-corrected chi connectivity index (χ2v) is 12.4. The van der Waals surface area contributed by atoms with Crippen LogP contribution in [-0.4, -0.2) is 78.9 Å². The fourth-order valence-corrected chi connectivity index (χ4v) is 7.22. The standard InChI is InChI=1S/C30H42N6OS/c1-24(2)30-32-31-25(3)36(30)27-14-17-33(18-15-27)19-16-29(26-10-6-4-7-11-26)34-20-22-35(23-21-34)38(37)28-12-8-5-9-13-28/h4-13,24,27,29H,14-23H2,1-3H3. The predicted molar refractivity (Wildman–Crippen MR) is 153 cm³/mol. The zero-order valence-electron chi connectivity index (χ0n) is 23.1. The molecule has 2 unspecified atom stereocenters. The first-order valence-electron chi connectivity index (χ1n) is 14.2. The minimum absolute atomic E-state index is 0.383. The number of benzene rings is 2. The van der Waals surface area contributed by atoms with Gasteiger partial charge in [-0.25, -0.2) is 8.51 Å². The molecule has 7 nitrogen and oxygen atoms in total. The van der Waals surface area contributed by atoms with Crippen molar-refractivity contribution in [2.45, 2.75) is 62.9 Å². The monoisotopic (exact) mass is 534 g/mol. The smallest absolute Gasteiger partial charge is 0.135 e. The molecule has 0 aliphatic carbocycles. The molecule has 8 heteroatoms. The van der Waals surface area contributed by atoms with Crippen LogP contribution >= 0.6 is 0 Å². The minimum atomic E-state index is -1.09. The lowest BCUT2D eigenvalue weighted by molar-refractivity contribution is 0.112. The summed E-state index contributed by atoms with van der Waals surface area (Å²) in [5.41, 5.74) is 1.39. The van der Waals surface area contributed by atoms with E-state index in [1.807, 2.05) is 30.3 Å². The number of piperazine rings is 1. The summed E-state index contributed by atoms with van der Waals surface area (Å²) < 4.78 is 17.6. The Bertz CT molecular complexity index is 1170. The van der Waals surface area contributed by atoms with E-state index >= 15 is 0 Å². The number of hydrogen-bond acceptors (Lipinski definition) is 5. The van der Waals surface area contributed by atoms with Gasteiger partial charge in [0.25, 0.3) is 0 Å². The molecule has 2 aliphatic rings. The zero-order valence-corrected chi connectivity index (χ0v) is 23.9. The maximum absolute atomic E-state index is 13.1. The van der Waals surface area contributed by atoms with Crippen molar-refractivity contribution in [3.63, 3.8) is 0 Å². The van der Waals surface area contributed by atoms with Gasteiger partial charge in [0.15, 0.2) is 0 Å². The number of nitrogens with zero attached hydrogens (tertiary/aromatic N) is 6. The predicted octanol–water partition coefficient (Wildman–Crippen LogP) is 4.82. The van der Waals surface area contributed by atoms with Crippen molar-refractivity contribution in [3.8, 4) is 0 Å². The van der Waals surface area contributed by atoms with E-state index in [2.05, 4.69) is 80.0 Å². The first-order valence-corrected chi connectivity index (χ1v) is 15.3. The first-order chi connectivity index (χ1) is 18.5. The van der Waals surface area contributed by atoms with Crippen molar-refractivity contribution in [2.24, 2.45) is 0 Å². The summed E-state index contributed by atoms with van der Waals surface area (Å²) in [5.74, 6) is 2.56. The van der Waals surface area contributed by atoms with Gasteiger partial charge >= 0.3 is 0 Å². The van der Waals surface area contributed by atoms with Crippen molar-refractivity contribution in [2.75, 3.05) is 45.8 Å². The normalized spacial score (nSPS) is 20.1. The topological polar surface area (TPSA) is 57.5 Å². The fraction of sp³-hybridized carbons (Fsp3) is 0.533. The summed E-state index contributed by atoms with van der Waals surface area (Å²) in [5, 5.41) is 8.84. The van der Waals surface area contributed by atoms with Crippen molar-refractivity contribution in [3.05, 3.63) is 77.9 Å². The molecule has 2 saturated heterocycles. The van der Waals surface area contributed by atoms with Crippen LogP contribution in [-0.2, 0) is 11.0 Å². The van der Waals surface area contributed by atoms with Gasteiger partial charge in [0.1, 0.15) is 22.6 Å². The summed E-state index contributed by atoms with van der Waals surface area (Å²) in [4.78, 5) is 6.14. The molecule has 0 bridgehead atoms. The average Bonchev–Trinajstić information content (AvgIpc) is 3.36. The summed E-state index contributed by atoms with van der Waals surface area (Å²) in [6.45, 7) is 13.4. The molecule has 38 heavy (non-hydrogen) atoms. The van der Waals surface area contributed by atoms with Crippen molar-refractivity contribution < 1.29 is 4.21 Å². The Balaban J connectivity index is 1.18. The van der Waals surface area contributed by atoms with Crippen molar-refractivity contribution in [1.29, 1.82) is 0 Å². The van der Waals surface area contributed by atoms with E-state index in [1.54, 1.807) is 0 Å². The van der Waals surface area contributed by atoms with Crippen LogP contribution in [0.1, 0.15) is 68.3 Å². The van der Waals surface area contributed by atoms with E-state index in [9.17, 15) is 4.21 Å². The Morgan fingerprint density at radius 2 is 1.50 bits per heavy atom. The molecule has 2 fully saturated rings. The third-order valence-corrected chi connectivity index (χ3v) is 9.64. The van der Waals surface area contributed by atoms with Crippen LogP contribution in [0.15, 0.2) is 65.6 Å². The van der Waals surface area contributed by atoms with E-state index in [0.29, 0.717) is 18.0 Å². The third kappa shape index (κ3) is 6.25. The molecule has 0 amide bonds. The largest absolute Gasteiger partial charge is 0.312 e. The van der Waals surface area contributed by atoms with Gasteiger partial charge in [0, 0.05) is 57.3 Å². The molecule has 2 aliphatic heterocycles. The molecule has 0 saturated carbocycles. The van der Waals surface area contributed by atoms with Crippen molar-refractivity contribution in [1.82, 2.24) is 28.9 Å². The van der Waals surface area contributed by atoms with Gasteiger partial charge in [-0.3, -0.25) is 4.90 Å². The fourth-order valence-electron chi connectivity index (χ4n) is 6.04. The molecule has 0 spiro atoms. The Morgan fingerprint density at radius 1 is 0.868 bits per heavy atom. The number of likely N-dealkylation sites (tertiary alicyclic amines) is 1. The highest BCUT2D eigenvalue weighted by Crippen LogP contribution is 2.30. The van der Waals surface area contributed by atoms with Gasteiger partial charge in [-0.2, -0.15) is 0 Å². The molecular weight excluding hydrogens is 492 g/mol. The average molecular weight is 535 g/mol. The minimum Gasteiger partial charge on any atom is -0.312 e. The van der Waals surface area contributed by atoms with Gasteiger partial charge in [-0.05, 0) is 50.4 Å². The molecule has 1 aromatic heterocycles. The quantitative estimate of drug-likeness (QED) is 0.394. The molecule has 5 rings (SSSR count). The van der Waals surface area contributed by atoms with Crippen LogP contribution in [0.2, 0.25) is 0 Å². The number of aryl methyl sites for hydroxylation is 1. The van der Waals surface area contributed by atoms with Gasteiger partial charge in [0.2, 0.25) is 0 Å². The highest BCUT2D eigenvalue weighted by Gasteiger charge is 2.29. The number of piperidine rings is 1. The Morgan fingerprint density at radius 3 is 2.13 bits per heavy atom. The molecule has 2 aromatic carbocycles.